The third-order valence-electron chi connectivity index (χ3n) is 6.44. The molecule has 1 amide bonds. The number of amides is 1. The molecule has 0 saturated carbocycles. The first-order valence-electron chi connectivity index (χ1n) is 12.1. The number of anilines is 1. The quantitative estimate of drug-likeness (QED) is 0.207. The van der Waals surface area contributed by atoms with Gasteiger partial charge >= 0.3 is 11.9 Å². The highest BCUT2D eigenvalue weighted by atomic mass is 79.9. The van der Waals surface area contributed by atoms with Crippen LogP contribution in [-0.2, 0) is 6.54 Å². The molecule has 0 aliphatic heterocycles. The number of nitrogens with one attached hydrogen (secondary N) is 1. The number of aromatic nitrogens is 1. The second-order valence-electron chi connectivity index (χ2n) is 9.01. The number of benzene rings is 4. The summed E-state index contributed by atoms with van der Waals surface area (Å²) in [6, 6.07) is 26.5. The molecule has 0 bridgehead atoms. The number of pyridine rings is 1. The Morgan fingerprint density at radius 3 is 2.02 bits per heavy atom. The van der Waals surface area contributed by atoms with Crippen LogP contribution in [0.15, 0.2) is 106 Å². The van der Waals surface area contributed by atoms with Crippen molar-refractivity contribution in [2.75, 3.05) is 5.32 Å². The number of rotatable bonds is 7. The third kappa shape index (κ3) is 5.27. The molecule has 5 rings (SSSR count). The number of carboxylic acids is 2. The summed E-state index contributed by atoms with van der Waals surface area (Å²) in [6.07, 6.45) is 0. The number of carboxylic acid groups (broad SMARTS) is 2. The first kappa shape index (κ1) is 26.6. The summed E-state index contributed by atoms with van der Waals surface area (Å²) in [5, 5.41) is 23.0. The number of halogens is 1. The second kappa shape index (κ2) is 11.0. The molecule has 4 aromatic carbocycles. The average molecular weight is 597 g/mol. The Bertz CT molecular complexity index is 1830. The lowest BCUT2D eigenvalue weighted by atomic mass is 9.96. The van der Waals surface area contributed by atoms with Gasteiger partial charge in [-0.15, -0.1) is 0 Å². The van der Waals surface area contributed by atoms with Crippen LogP contribution in [0.25, 0.3) is 21.9 Å². The monoisotopic (exact) mass is 596 g/mol. The summed E-state index contributed by atoms with van der Waals surface area (Å²) in [5.74, 6) is -2.72. The molecule has 0 unspecified atom stereocenters. The zero-order chi connectivity index (χ0) is 28.4. The average Bonchev–Trinajstić information content (AvgIpc) is 2.95. The summed E-state index contributed by atoms with van der Waals surface area (Å²) < 4.78 is 1.99. The van der Waals surface area contributed by atoms with Gasteiger partial charge in [0.15, 0.2) is 0 Å². The molecule has 5 aromatic rings. The number of fused-ring (bicyclic) bond motifs is 1. The Morgan fingerprint density at radius 1 is 0.750 bits per heavy atom. The molecular formula is C31H21BrN2O6. The SMILES string of the molecule is O=C(O)c1ccc(C(=O)Nc2ccc(Cn3c(C(=O)O)c(-c4ccccc4)c4cc(Br)ccc4c3=O)cc2)cc1. The van der Waals surface area contributed by atoms with Crippen LogP contribution < -0.4 is 10.9 Å². The van der Waals surface area contributed by atoms with Crippen molar-refractivity contribution in [3.8, 4) is 11.1 Å². The first-order chi connectivity index (χ1) is 19.2. The van der Waals surface area contributed by atoms with Crippen molar-refractivity contribution in [2.24, 2.45) is 0 Å². The summed E-state index contributed by atoms with van der Waals surface area (Å²) in [6.45, 7) is -0.00280. The van der Waals surface area contributed by atoms with Crippen molar-refractivity contribution < 1.29 is 24.6 Å². The highest BCUT2D eigenvalue weighted by Gasteiger charge is 2.23. The largest absolute Gasteiger partial charge is 0.478 e. The van der Waals surface area contributed by atoms with Crippen molar-refractivity contribution in [1.82, 2.24) is 4.57 Å². The minimum atomic E-state index is -1.23. The van der Waals surface area contributed by atoms with Gasteiger partial charge in [0.05, 0.1) is 12.1 Å². The lowest BCUT2D eigenvalue weighted by molar-refractivity contribution is 0.0679. The number of carbonyl (C=O) groups is 3. The van der Waals surface area contributed by atoms with Crippen LogP contribution in [0.2, 0.25) is 0 Å². The number of hydrogen-bond acceptors (Lipinski definition) is 4. The van der Waals surface area contributed by atoms with Crippen molar-refractivity contribution in [2.45, 2.75) is 6.54 Å². The van der Waals surface area contributed by atoms with E-state index in [9.17, 15) is 24.3 Å². The standard InChI is InChI=1S/C31H21BrN2O6/c32-22-12-15-24-25(16-22)26(19-4-2-1-3-5-19)27(31(39)40)34(29(24)36)17-18-6-13-23(14-7-18)33-28(35)20-8-10-21(11-9-20)30(37)38/h1-16H,17H2,(H,33,35)(H,37,38)(H,39,40). The van der Waals surface area contributed by atoms with Crippen molar-refractivity contribution in [1.29, 1.82) is 0 Å². The number of hydrogen-bond donors (Lipinski definition) is 3. The van der Waals surface area contributed by atoms with Crippen LogP contribution in [0.4, 0.5) is 5.69 Å². The van der Waals surface area contributed by atoms with Gasteiger partial charge < -0.3 is 15.5 Å². The fourth-order valence-electron chi connectivity index (χ4n) is 4.53. The van der Waals surface area contributed by atoms with Gasteiger partial charge in [-0.3, -0.25) is 14.2 Å². The van der Waals surface area contributed by atoms with Crippen LogP contribution in [0.3, 0.4) is 0 Å². The fourth-order valence-corrected chi connectivity index (χ4v) is 4.89. The van der Waals surface area contributed by atoms with Gasteiger partial charge in [-0.1, -0.05) is 58.4 Å². The second-order valence-corrected chi connectivity index (χ2v) is 9.93. The third-order valence-corrected chi connectivity index (χ3v) is 6.94. The van der Waals surface area contributed by atoms with E-state index in [0.29, 0.717) is 38.7 Å². The van der Waals surface area contributed by atoms with E-state index in [4.69, 9.17) is 5.11 Å². The van der Waals surface area contributed by atoms with Crippen LogP contribution in [0.5, 0.6) is 0 Å². The van der Waals surface area contributed by atoms with Crippen molar-refractivity contribution in [3.63, 3.8) is 0 Å². The Balaban J connectivity index is 1.50. The summed E-state index contributed by atoms with van der Waals surface area (Å²) in [7, 11) is 0. The molecule has 8 nitrogen and oxygen atoms in total. The zero-order valence-electron chi connectivity index (χ0n) is 20.8. The summed E-state index contributed by atoms with van der Waals surface area (Å²) in [4.78, 5) is 49.8. The molecule has 0 saturated heterocycles. The Hall–Kier alpha value is -5.02. The fraction of sp³-hybridized carbons (Fsp3) is 0.0323. The van der Waals surface area contributed by atoms with Crippen LogP contribution in [-0.4, -0.2) is 32.6 Å². The van der Waals surface area contributed by atoms with Gasteiger partial charge in [0.25, 0.3) is 11.5 Å². The lowest BCUT2D eigenvalue weighted by Crippen LogP contribution is -2.28. The Kier molecular flexibility index (Phi) is 7.31. The highest BCUT2D eigenvalue weighted by Crippen LogP contribution is 2.33. The van der Waals surface area contributed by atoms with Crippen LogP contribution in [0.1, 0.15) is 36.8 Å². The van der Waals surface area contributed by atoms with Gasteiger partial charge in [-0.05, 0) is 71.1 Å². The molecule has 198 valence electrons. The first-order valence-corrected chi connectivity index (χ1v) is 12.9. The maximum atomic E-state index is 13.6. The van der Waals surface area contributed by atoms with E-state index in [-0.39, 0.29) is 17.8 Å². The number of aromatic carboxylic acids is 2. The molecule has 3 N–H and O–H groups in total. The van der Waals surface area contributed by atoms with Crippen LogP contribution >= 0.6 is 15.9 Å². The summed E-state index contributed by atoms with van der Waals surface area (Å²) >= 11 is 3.44. The highest BCUT2D eigenvalue weighted by molar-refractivity contribution is 9.10. The lowest BCUT2D eigenvalue weighted by Gasteiger charge is -2.18. The molecule has 0 aliphatic rings. The molecule has 0 aliphatic carbocycles. The molecule has 0 fully saturated rings. The predicted molar refractivity (Wildman–Crippen MR) is 155 cm³/mol. The van der Waals surface area contributed by atoms with Gasteiger partial charge in [0, 0.05) is 26.7 Å². The predicted octanol–water partition coefficient (Wildman–Crippen LogP) is 6.13. The van der Waals surface area contributed by atoms with Gasteiger partial charge in [0.2, 0.25) is 0 Å². The van der Waals surface area contributed by atoms with Gasteiger partial charge in [-0.2, -0.15) is 0 Å². The number of carbonyl (C=O) groups excluding carboxylic acids is 1. The van der Waals surface area contributed by atoms with Gasteiger partial charge in [0.1, 0.15) is 5.69 Å². The molecule has 1 heterocycles. The van der Waals surface area contributed by atoms with Crippen molar-refractivity contribution >= 4 is 50.2 Å². The van der Waals surface area contributed by atoms with E-state index in [1.807, 2.05) is 30.3 Å². The summed E-state index contributed by atoms with van der Waals surface area (Å²) in [5.41, 5.74) is 2.08. The molecule has 9 heteroatoms. The Labute approximate surface area is 236 Å². The van der Waals surface area contributed by atoms with E-state index in [0.717, 1.165) is 4.47 Å². The molecular weight excluding hydrogens is 576 g/mol. The van der Waals surface area contributed by atoms with Crippen LogP contribution in [0, 0.1) is 0 Å². The topological polar surface area (TPSA) is 126 Å². The normalized spacial score (nSPS) is 10.8. The Morgan fingerprint density at radius 2 is 1.40 bits per heavy atom. The minimum Gasteiger partial charge on any atom is -0.478 e. The number of nitrogens with zero attached hydrogens (tertiary/aromatic N) is 1. The molecule has 1 aromatic heterocycles. The van der Waals surface area contributed by atoms with E-state index in [1.165, 1.54) is 28.8 Å². The maximum Gasteiger partial charge on any atom is 0.353 e. The molecule has 0 spiro atoms. The zero-order valence-corrected chi connectivity index (χ0v) is 22.4. The molecule has 0 radical (unpaired) electrons. The molecule has 0 atom stereocenters. The molecule has 40 heavy (non-hydrogen) atoms. The maximum absolute atomic E-state index is 13.6. The minimum absolute atomic E-state index is 0.00280. The van der Waals surface area contributed by atoms with E-state index < -0.39 is 23.4 Å². The van der Waals surface area contributed by atoms with E-state index >= 15 is 0 Å². The van der Waals surface area contributed by atoms with Crippen molar-refractivity contribution in [3.05, 3.63) is 134 Å². The smallest absolute Gasteiger partial charge is 0.353 e. The van der Waals surface area contributed by atoms with E-state index in [1.54, 1.807) is 42.5 Å². The van der Waals surface area contributed by atoms with E-state index in [2.05, 4.69) is 21.2 Å². The van der Waals surface area contributed by atoms with Gasteiger partial charge in [-0.25, -0.2) is 9.59 Å².